The minimum absolute atomic E-state index is 0.549. The average molecular weight is 305 g/mol. The van der Waals surface area contributed by atoms with Gasteiger partial charge in [-0.2, -0.15) is 4.98 Å². The highest BCUT2D eigenvalue weighted by molar-refractivity contribution is 6.76. The fourth-order valence-electron chi connectivity index (χ4n) is 2.31. The summed E-state index contributed by atoms with van der Waals surface area (Å²) in [5, 5.41) is 4.42. The molecule has 5 nitrogen and oxygen atoms in total. The molecule has 0 spiro atoms. The van der Waals surface area contributed by atoms with Gasteiger partial charge in [-0.1, -0.05) is 19.6 Å². The number of pyridine rings is 1. The molecule has 2 aromatic rings. The predicted octanol–water partition coefficient (Wildman–Crippen LogP) is 3.15. The maximum atomic E-state index is 5.81. The molecule has 0 fully saturated rings. The zero-order valence-corrected chi connectivity index (χ0v) is 14.0. The van der Waals surface area contributed by atoms with Crippen molar-refractivity contribution in [1.29, 1.82) is 0 Å². The summed E-state index contributed by atoms with van der Waals surface area (Å²) in [6.45, 7) is 9.95. The van der Waals surface area contributed by atoms with E-state index in [1.54, 1.807) is 0 Å². The Morgan fingerprint density at radius 3 is 3.10 bits per heavy atom. The van der Waals surface area contributed by atoms with Gasteiger partial charge in [0.25, 0.3) is 0 Å². The molecule has 0 saturated carbocycles. The summed E-state index contributed by atoms with van der Waals surface area (Å²) in [6, 6.07) is 5.35. The van der Waals surface area contributed by atoms with Gasteiger partial charge in [-0.15, -0.1) is 0 Å². The largest absolute Gasteiger partial charge is 0.474 e. The van der Waals surface area contributed by atoms with Crippen LogP contribution in [0.4, 0.5) is 5.69 Å². The molecule has 0 radical (unpaired) electrons. The molecule has 114 valence electrons. The van der Waals surface area contributed by atoms with Crippen LogP contribution in [-0.2, 0) is 11.5 Å². The minimum Gasteiger partial charge on any atom is -0.474 e. The molecule has 21 heavy (non-hydrogen) atoms. The molecular formula is C15H23N3O2Si. The van der Waals surface area contributed by atoms with E-state index in [1.807, 2.05) is 10.8 Å². The maximum absolute atomic E-state index is 5.81. The normalized spacial score (nSPS) is 14.6. The summed E-state index contributed by atoms with van der Waals surface area (Å²) in [5.74, 6) is 0.691. The van der Waals surface area contributed by atoms with Crippen LogP contribution in [-0.4, -0.2) is 37.4 Å². The molecule has 0 unspecified atom stereocenters. The van der Waals surface area contributed by atoms with Crippen molar-refractivity contribution in [2.45, 2.75) is 32.4 Å². The summed E-state index contributed by atoms with van der Waals surface area (Å²) in [6.07, 6.45) is 2.03. The van der Waals surface area contributed by atoms with E-state index in [9.17, 15) is 0 Å². The molecular weight excluding hydrogens is 282 g/mol. The highest BCUT2D eigenvalue weighted by Crippen LogP contribution is 2.29. The van der Waals surface area contributed by atoms with Gasteiger partial charge >= 0.3 is 0 Å². The quantitative estimate of drug-likeness (QED) is 0.681. The van der Waals surface area contributed by atoms with Crippen molar-refractivity contribution in [3.8, 4) is 5.88 Å². The van der Waals surface area contributed by atoms with Crippen molar-refractivity contribution in [3.05, 3.63) is 18.3 Å². The summed E-state index contributed by atoms with van der Waals surface area (Å²) in [7, 11) is -1.03. The summed E-state index contributed by atoms with van der Waals surface area (Å²) < 4.78 is 13.5. The van der Waals surface area contributed by atoms with Crippen LogP contribution in [0.25, 0.3) is 11.0 Å². The second-order valence-electron chi connectivity index (χ2n) is 6.66. The van der Waals surface area contributed by atoms with Crippen LogP contribution in [0.5, 0.6) is 5.88 Å². The number of hydrogen-bond donors (Lipinski definition) is 1. The molecule has 0 bridgehead atoms. The van der Waals surface area contributed by atoms with Gasteiger partial charge in [0.05, 0.1) is 5.69 Å². The van der Waals surface area contributed by atoms with Crippen molar-refractivity contribution < 1.29 is 9.47 Å². The van der Waals surface area contributed by atoms with Crippen molar-refractivity contribution in [2.24, 2.45) is 0 Å². The van der Waals surface area contributed by atoms with E-state index >= 15 is 0 Å². The van der Waals surface area contributed by atoms with E-state index in [0.29, 0.717) is 19.2 Å². The molecule has 3 heterocycles. The van der Waals surface area contributed by atoms with Crippen LogP contribution in [0.15, 0.2) is 18.3 Å². The standard InChI is InChI=1S/C15H23N3O2Si/c1-21(2,3)9-8-19-11-18-6-4-12-10-13-15(17-14(12)18)20-7-5-16-13/h4,6,10,16H,5,7-9,11H2,1-3H3. The number of ether oxygens (including phenoxy) is 2. The molecule has 6 heteroatoms. The average Bonchev–Trinajstić information content (AvgIpc) is 2.82. The first-order chi connectivity index (χ1) is 10.0. The van der Waals surface area contributed by atoms with Crippen molar-refractivity contribution in [1.82, 2.24) is 9.55 Å². The van der Waals surface area contributed by atoms with E-state index in [-0.39, 0.29) is 0 Å². The number of nitrogens with one attached hydrogen (secondary N) is 1. The molecule has 2 aromatic heterocycles. The molecule has 3 rings (SSSR count). The Bertz CT molecular complexity index is 634. The number of hydrogen-bond acceptors (Lipinski definition) is 4. The van der Waals surface area contributed by atoms with Gasteiger partial charge in [-0.05, 0) is 18.2 Å². The van der Waals surface area contributed by atoms with Gasteiger partial charge < -0.3 is 19.4 Å². The van der Waals surface area contributed by atoms with E-state index < -0.39 is 8.07 Å². The van der Waals surface area contributed by atoms with E-state index in [2.05, 4.69) is 42.1 Å². The Kier molecular flexibility index (Phi) is 3.90. The second-order valence-corrected chi connectivity index (χ2v) is 12.3. The fraction of sp³-hybridized carbons (Fsp3) is 0.533. The lowest BCUT2D eigenvalue weighted by Crippen LogP contribution is -2.22. The number of anilines is 1. The first-order valence-electron chi connectivity index (χ1n) is 7.47. The maximum Gasteiger partial charge on any atom is 0.239 e. The number of rotatable bonds is 5. The van der Waals surface area contributed by atoms with Crippen LogP contribution in [0.3, 0.4) is 0 Å². The highest BCUT2D eigenvalue weighted by Gasteiger charge is 2.15. The van der Waals surface area contributed by atoms with Crippen LogP contribution in [0, 0.1) is 0 Å². The summed E-state index contributed by atoms with van der Waals surface area (Å²) in [5.41, 5.74) is 1.90. The summed E-state index contributed by atoms with van der Waals surface area (Å²) in [4.78, 5) is 4.61. The van der Waals surface area contributed by atoms with Gasteiger partial charge in [0.15, 0.2) is 0 Å². The van der Waals surface area contributed by atoms with E-state index in [1.165, 1.54) is 6.04 Å². The zero-order valence-electron chi connectivity index (χ0n) is 13.0. The Morgan fingerprint density at radius 1 is 1.43 bits per heavy atom. The third-order valence-electron chi connectivity index (χ3n) is 3.59. The van der Waals surface area contributed by atoms with Crippen molar-refractivity contribution >= 4 is 24.8 Å². The molecule has 0 aliphatic carbocycles. The lowest BCUT2D eigenvalue weighted by Gasteiger charge is -2.18. The molecule has 0 aromatic carbocycles. The number of aromatic nitrogens is 2. The zero-order chi connectivity index (χ0) is 14.9. The lowest BCUT2D eigenvalue weighted by atomic mass is 10.3. The summed E-state index contributed by atoms with van der Waals surface area (Å²) >= 11 is 0. The van der Waals surface area contributed by atoms with Crippen LogP contribution < -0.4 is 10.1 Å². The van der Waals surface area contributed by atoms with Gasteiger partial charge in [0.1, 0.15) is 19.0 Å². The van der Waals surface area contributed by atoms with Gasteiger partial charge in [0.2, 0.25) is 5.88 Å². The molecule has 1 N–H and O–H groups in total. The van der Waals surface area contributed by atoms with Crippen LogP contribution in [0.1, 0.15) is 0 Å². The van der Waals surface area contributed by atoms with Gasteiger partial charge in [-0.3, -0.25) is 0 Å². The third-order valence-corrected chi connectivity index (χ3v) is 5.29. The predicted molar refractivity (Wildman–Crippen MR) is 87.8 cm³/mol. The van der Waals surface area contributed by atoms with Crippen molar-refractivity contribution in [2.75, 3.05) is 25.1 Å². The Balaban J connectivity index is 1.71. The molecule has 1 aliphatic rings. The lowest BCUT2D eigenvalue weighted by molar-refractivity contribution is 0.0898. The molecule has 1 aliphatic heterocycles. The van der Waals surface area contributed by atoms with E-state index in [4.69, 9.17) is 9.47 Å². The third kappa shape index (κ3) is 3.38. The Morgan fingerprint density at radius 2 is 2.29 bits per heavy atom. The SMILES string of the molecule is C[Si](C)(C)CCOCn1ccc2cc3c(nc21)OCCN3. The van der Waals surface area contributed by atoms with Crippen LogP contribution in [0.2, 0.25) is 25.7 Å². The van der Waals surface area contributed by atoms with Crippen LogP contribution >= 0.6 is 0 Å². The minimum atomic E-state index is -1.03. The van der Waals surface area contributed by atoms with Gasteiger partial charge in [0, 0.05) is 32.8 Å². The fourth-order valence-corrected chi connectivity index (χ4v) is 3.07. The smallest absolute Gasteiger partial charge is 0.239 e. The molecule has 0 amide bonds. The van der Waals surface area contributed by atoms with E-state index in [0.717, 1.165) is 29.9 Å². The molecule has 0 saturated heterocycles. The Labute approximate surface area is 126 Å². The first kappa shape index (κ1) is 14.4. The van der Waals surface area contributed by atoms with Crippen molar-refractivity contribution in [3.63, 3.8) is 0 Å². The number of nitrogens with zero attached hydrogens (tertiary/aromatic N) is 2. The highest BCUT2D eigenvalue weighted by atomic mass is 28.3. The number of fused-ring (bicyclic) bond motifs is 2. The topological polar surface area (TPSA) is 48.3 Å². The first-order valence-corrected chi connectivity index (χ1v) is 11.2. The molecule has 0 atom stereocenters. The Hall–Kier alpha value is -1.53. The second kappa shape index (κ2) is 5.69. The monoisotopic (exact) mass is 305 g/mol. The van der Waals surface area contributed by atoms with Gasteiger partial charge in [-0.25, -0.2) is 0 Å².